The van der Waals surface area contributed by atoms with Crippen molar-refractivity contribution in [2.75, 3.05) is 13.2 Å². The Bertz CT molecular complexity index is 1300. The molecule has 6 nitrogen and oxygen atoms in total. The highest BCUT2D eigenvalue weighted by Gasteiger charge is 2.19. The van der Waals surface area contributed by atoms with Gasteiger partial charge in [0.1, 0.15) is 13.2 Å². The molecule has 0 aliphatic rings. The number of carbonyl (C=O) groups is 3. The Labute approximate surface area is 467 Å². The second-order valence-electron chi connectivity index (χ2n) is 22.4. The van der Waals surface area contributed by atoms with E-state index in [4.69, 9.17) is 14.2 Å². The fourth-order valence-electron chi connectivity index (χ4n) is 9.80. The van der Waals surface area contributed by atoms with E-state index in [9.17, 15) is 14.4 Å². The molecule has 0 aromatic rings. The molecule has 0 aromatic carbocycles. The zero-order valence-corrected chi connectivity index (χ0v) is 50.3. The van der Waals surface area contributed by atoms with E-state index in [0.717, 1.165) is 83.5 Å². The molecule has 0 aliphatic carbocycles. The van der Waals surface area contributed by atoms with Gasteiger partial charge in [0.25, 0.3) is 0 Å². The van der Waals surface area contributed by atoms with Crippen LogP contribution in [-0.2, 0) is 28.6 Å². The second kappa shape index (κ2) is 63.9. The maximum atomic E-state index is 12.9. The summed E-state index contributed by atoms with van der Waals surface area (Å²) in [5, 5.41) is 0. The van der Waals surface area contributed by atoms with Crippen molar-refractivity contribution >= 4 is 17.9 Å². The molecular formula is C69H126O6. The van der Waals surface area contributed by atoms with E-state index >= 15 is 0 Å². The monoisotopic (exact) mass is 1050 g/mol. The van der Waals surface area contributed by atoms with Gasteiger partial charge in [-0.2, -0.15) is 0 Å². The molecule has 0 heterocycles. The summed E-state index contributed by atoms with van der Waals surface area (Å²) in [5.74, 6) is -0.866. The predicted octanol–water partition coefficient (Wildman–Crippen LogP) is 22.6. The Morgan fingerprint density at radius 3 is 0.760 bits per heavy atom. The lowest BCUT2D eigenvalue weighted by Crippen LogP contribution is -2.30. The first-order valence-electron chi connectivity index (χ1n) is 33.1. The standard InChI is InChI=1S/C69H126O6/c1-4-7-10-13-16-19-22-25-28-30-31-32-33-34-35-36-37-39-41-44-47-50-53-56-59-62-68(71)74-65-66(64-73-67(70)61-58-55-52-49-46-43-40-27-24-21-18-15-12-9-6-3)75-69(72)63-60-57-54-51-48-45-42-38-29-26-23-20-17-14-11-8-5-2/h18,21-22,25,27,30-31,40,66H,4-17,19-20,23-24,26,28-29,32-39,41-65H2,1-3H3/b21-18-,25-22-,31-30-,40-27-. The summed E-state index contributed by atoms with van der Waals surface area (Å²) < 4.78 is 16.9. The molecule has 0 amide bonds. The van der Waals surface area contributed by atoms with E-state index in [-0.39, 0.29) is 31.1 Å². The van der Waals surface area contributed by atoms with Gasteiger partial charge in [0.2, 0.25) is 0 Å². The van der Waals surface area contributed by atoms with Crippen molar-refractivity contribution < 1.29 is 28.6 Å². The normalized spacial score (nSPS) is 12.3. The van der Waals surface area contributed by atoms with Gasteiger partial charge in [-0.1, -0.05) is 301 Å². The van der Waals surface area contributed by atoms with Crippen LogP contribution in [0.2, 0.25) is 0 Å². The summed E-state index contributed by atoms with van der Waals surface area (Å²) in [6.07, 6.45) is 79.8. The van der Waals surface area contributed by atoms with E-state index in [1.807, 2.05) is 0 Å². The molecule has 1 unspecified atom stereocenters. The SMILES string of the molecule is CCCCC/C=C\C/C=C\CCCCCCCC(=O)OCC(COC(=O)CCCCCCCCCCCCCCC/C=C\C/C=C\CCCCCCC)OC(=O)CCCCCCCCCCCCCCCCCCC. The van der Waals surface area contributed by atoms with Gasteiger partial charge < -0.3 is 14.2 Å². The van der Waals surface area contributed by atoms with Crippen molar-refractivity contribution in [1.29, 1.82) is 0 Å². The summed E-state index contributed by atoms with van der Waals surface area (Å²) in [4.78, 5) is 38.3. The molecule has 0 bridgehead atoms. The number of ether oxygens (including phenoxy) is 3. The molecule has 0 N–H and O–H groups in total. The first-order chi connectivity index (χ1) is 37.0. The van der Waals surface area contributed by atoms with Gasteiger partial charge in [-0.3, -0.25) is 14.4 Å². The van der Waals surface area contributed by atoms with Crippen LogP contribution in [0.4, 0.5) is 0 Å². The van der Waals surface area contributed by atoms with Crippen molar-refractivity contribution in [3.63, 3.8) is 0 Å². The lowest BCUT2D eigenvalue weighted by molar-refractivity contribution is -0.167. The molecule has 0 saturated heterocycles. The van der Waals surface area contributed by atoms with E-state index in [0.29, 0.717) is 19.3 Å². The van der Waals surface area contributed by atoms with Crippen LogP contribution >= 0.6 is 0 Å². The largest absolute Gasteiger partial charge is 0.462 e. The number of allylic oxidation sites excluding steroid dienone is 8. The van der Waals surface area contributed by atoms with E-state index in [2.05, 4.69) is 69.4 Å². The molecule has 0 fully saturated rings. The van der Waals surface area contributed by atoms with Crippen LogP contribution < -0.4 is 0 Å². The van der Waals surface area contributed by atoms with Gasteiger partial charge in [0.05, 0.1) is 0 Å². The van der Waals surface area contributed by atoms with Crippen LogP contribution in [0.25, 0.3) is 0 Å². The summed E-state index contributed by atoms with van der Waals surface area (Å²) in [5.41, 5.74) is 0. The van der Waals surface area contributed by atoms with E-state index in [1.165, 1.54) is 231 Å². The number of hydrogen-bond acceptors (Lipinski definition) is 6. The second-order valence-corrected chi connectivity index (χ2v) is 22.4. The Morgan fingerprint density at radius 1 is 0.267 bits per heavy atom. The van der Waals surface area contributed by atoms with Crippen LogP contribution in [0, 0.1) is 0 Å². The maximum absolute atomic E-state index is 12.9. The van der Waals surface area contributed by atoms with Crippen LogP contribution in [0.5, 0.6) is 0 Å². The third-order valence-corrected chi connectivity index (χ3v) is 14.8. The first-order valence-corrected chi connectivity index (χ1v) is 33.1. The van der Waals surface area contributed by atoms with Gasteiger partial charge >= 0.3 is 17.9 Å². The zero-order valence-electron chi connectivity index (χ0n) is 50.3. The zero-order chi connectivity index (χ0) is 54.3. The molecule has 6 heteroatoms. The minimum absolute atomic E-state index is 0.0740. The van der Waals surface area contributed by atoms with Gasteiger partial charge in [0, 0.05) is 19.3 Å². The minimum atomic E-state index is -0.777. The van der Waals surface area contributed by atoms with Gasteiger partial charge in [-0.25, -0.2) is 0 Å². The highest BCUT2D eigenvalue weighted by Crippen LogP contribution is 2.17. The van der Waals surface area contributed by atoms with Gasteiger partial charge in [-0.15, -0.1) is 0 Å². The van der Waals surface area contributed by atoms with Crippen LogP contribution in [0.3, 0.4) is 0 Å². The summed E-state index contributed by atoms with van der Waals surface area (Å²) in [6.45, 7) is 6.65. The highest BCUT2D eigenvalue weighted by atomic mass is 16.6. The fourth-order valence-corrected chi connectivity index (χ4v) is 9.80. The third-order valence-electron chi connectivity index (χ3n) is 14.8. The van der Waals surface area contributed by atoms with E-state index < -0.39 is 6.10 Å². The van der Waals surface area contributed by atoms with Crippen molar-refractivity contribution in [2.24, 2.45) is 0 Å². The molecule has 0 spiro atoms. The number of unbranched alkanes of at least 4 members (excludes halogenated alkanes) is 42. The van der Waals surface area contributed by atoms with Gasteiger partial charge in [0.15, 0.2) is 6.10 Å². The lowest BCUT2D eigenvalue weighted by Gasteiger charge is -2.18. The minimum Gasteiger partial charge on any atom is -0.462 e. The predicted molar refractivity (Wildman–Crippen MR) is 325 cm³/mol. The van der Waals surface area contributed by atoms with Crippen LogP contribution in [0.1, 0.15) is 355 Å². The maximum Gasteiger partial charge on any atom is 0.306 e. The Hall–Kier alpha value is -2.63. The Balaban J connectivity index is 4.28. The summed E-state index contributed by atoms with van der Waals surface area (Å²) >= 11 is 0. The molecule has 438 valence electrons. The number of hydrogen-bond donors (Lipinski definition) is 0. The van der Waals surface area contributed by atoms with Gasteiger partial charge in [-0.05, 0) is 83.5 Å². The molecule has 0 saturated carbocycles. The molecule has 1 atom stereocenters. The van der Waals surface area contributed by atoms with Crippen LogP contribution in [-0.4, -0.2) is 37.2 Å². The number of esters is 3. The molecule has 75 heavy (non-hydrogen) atoms. The lowest BCUT2D eigenvalue weighted by atomic mass is 10.0. The number of carbonyl (C=O) groups excluding carboxylic acids is 3. The van der Waals surface area contributed by atoms with Crippen LogP contribution in [0.15, 0.2) is 48.6 Å². The van der Waals surface area contributed by atoms with Crippen molar-refractivity contribution in [2.45, 2.75) is 361 Å². The molecular weight excluding hydrogens is 925 g/mol. The molecule has 0 aromatic heterocycles. The third kappa shape index (κ3) is 62.1. The van der Waals surface area contributed by atoms with Crippen molar-refractivity contribution in [3.8, 4) is 0 Å². The average Bonchev–Trinajstić information content (AvgIpc) is 3.41. The smallest absolute Gasteiger partial charge is 0.306 e. The van der Waals surface area contributed by atoms with Crippen molar-refractivity contribution in [1.82, 2.24) is 0 Å². The average molecular weight is 1050 g/mol. The van der Waals surface area contributed by atoms with Crippen molar-refractivity contribution in [3.05, 3.63) is 48.6 Å². The molecule has 0 aliphatic heterocycles. The Kier molecular flexibility index (Phi) is 61.7. The highest BCUT2D eigenvalue weighted by molar-refractivity contribution is 5.71. The number of rotatable bonds is 61. The molecule has 0 radical (unpaired) electrons. The molecule has 0 rings (SSSR count). The quantitative estimate of drug-likeness (QED) is 0.0261. The summed E-state index contributed by atoms with van der Waals surface area (Å²) in [6, 6.07) is 0. The fraction of sp³-hybridized carbons (Fsp3) is 0.841. The van der Waals surface area contributed by atoms with E-state index in [1.54, 1.807) is 0 Å². The topological polar surface area (TPSA) is 78.9 Å². The Morgan fingerprint density at radius 2 is 0.480 bits per heavy atom. The first kappa shape index (κ1) is 72.4. The summed E-state index contributed by atoms with van der Waals surface area (Å²) in [7, 11) is 0.